The Morgan fingerprint density at radius 2 is 2.56 bits per heavy atom. The molecule has 0 amide bonds. The third-order valence-corrected chi connectivity index (χ3v) is 2.55. The minimum absolute atomic E-state index is 0.00565. The molecule has 0 saturated carbocycles. The van der Waals surface area contributed by atoms with Crippen molar-refractivity contribution in [1.29, 1.82) is 0 Å². The van der Waals surface area contributed by atoms with Crippen LogP contribution in [-0.4, -0.2) is 30.7 Å². The molecule has 1 heterocycles. The highest BCUT2D eigenvalue weighted by Gasteiger charge is 2.19. The molecule has 1 saturated heterocycles. The second-order valence-corrected chi connectivity index (χ2v) is 3.69. The van der Waals surface area contributed by atoms with Crippen molar-refractivity contribution in [2.45, 2.75) is 12.5 Å². The Morgan fingerprint density at radius 1 is 1.69 bits per heavy atom. The lowest BCUT2D eigenvalue weighted by molar-refractivity contribution is -0.385. The van der Waals surface area contributed by atoms with Gasteiger partial charge in [0.25, 0.3) is 5.69 Å². The van der Waals surface area contributed by atoms with Gasteiger partial charge in [-0.15, -0.1) is 0 Å². The lowest BCUT2D eigenvalue weighted by Crippen LogP contribution is -2.39. The summed E-state index contributed by atoms with van der Waals surface area (Å²) in [7, 11) is 0. The SMILES string of the molecule is O=[N+]([O-])c1ccc[c]c1CC1CNCCO1. The largest absolute Gasteiger partial charge is 0.375 e. The van der Waals surface area contributed by atoms with Crippen LogP contribution in [0.1, 0.15) is 5.56 Å². The van der Waals surface area contributed by atoms with Crippen molar-refractivity contribution >= 4 is 5.69 Å². The number of nitro groups is 1. The van der Waals surface area contributed by atoms with Gasteiger partial charge in [0.15, 0.2) is 0 Å². The molecule has 0 spiro atoms. The Labute approximate surface area is 93.6 Å². The Kier molecular flexibility index (Phi) is 3.48. The average Bonchev–Trinajstić information content (AvgIpc) is 2.31. The van der Waals surface area contributed by atoms with Gasteiger partial charge in [-0.2, -0.15) is 0 Å². The van der Waals surface area contributed by atoms with Crippen LogP contribution in [0.5, 0.6) is 0 Å². The van der Waals surface area contributed by atoms with E-state index in [1.807, 2.05) is 0 Å². The van der Waals surface area contributed by atoms with E-state index in [1.165, 1.54) is 6.07 Å². The number of rotatable bonds is 3. The third-order valence-electron chi connectivity index (χ3n) is 2.55. The molecule has 0 bridgehead atoms. The summed E-state index contributed by atoms with van der Waals surface area (Å²) in [5, 5.41) is 14.0. The van der Waals surface area contributed by atoms with E-state index in [4.69, 9.17) is 4.74 Å². The molecule has 1 unspecified atom stereocenters. The maximum absolute atomic E-state index is 10.8. The maximum atomic E-state index is 10.8. The van der Waals surface area contributed by atoms with Crippen molar-refractivity contribution in [3.05, 3.63) is 39.9 Å². The van der Waals surface area contributed by atoms with E-state index in [0.717, 1.165) is 13.1 Å². The van der Waals surface area contributed by atoms with E-state index in [0.29, 0.717) is 18.6 Å². The molecule has 16 heavy (non-hydrogen) atoms. The van der Waals surface area contributed by atoms with Crippen molar-refractivity contribution in [3.8, 4) is 0 Å². The molecule has 1 aromatic rings. The van der Waals surface area contributed by atoms with Crippen LogP contribution < -0.4 is 5.32 Å². The number of nitrogens with zero attached hydrogens (tertiary/aromatic N) is 1. The standard InChI is InChI=1S/C11H13N2O3/c14-13(15)11-4-2-1-3-9(11)7-10-8-12-5-6-16-10/h1-2,4,10,12H,5-8H2. The van der Waals surface area contributed by atoms with Crippen LogP contribution in [0.4, 0.5) is 5.69 Å². The van der Waals surface area contributed by atoms with Crippen molar-refractivity contribution in [1.82, 2.24) is 5.32 Å². The summed E-state index contributed by atoms with van der Waals surface area (Å²) in [5.41, 5.74) is 0.734. The number of nitro benzene ring substituents is 1. The number of benzene rings is 1. The molecule has 0 aromatic heterocycles. The zero-order chi connectivity index (χ0) is 11.4. The number of morpholine rings is 1. The molecule has 1 atom stereocenters. The number of nitrogens with one attached hydrogen (secondary N) is 1. The summed E-state index contributed by atoms with van der Waals surface area (Å²) in [4.78, 5) is 10.4. The monoisotopic (exact) mass is 221 g/mol. The van der Waals surface area contributed by atoms with Crippen molar-refractivity contribution < 1.29 is 9.66 Å². The Bertz CT molecular complexity index is 375. The summed E-state index contributed by atoms with van der Waals surface area (Å²) in [6, 6.07) is 7.74. The minimum atomic E-state index is -0.373. The van der Waals surface area contributed by atoms with Crippen LogP contribution >= 0.6 is 0 Å². The second-order valence-electron chi connectivity index (χ2n) is 3.69. The molecule has 85 valence electrons. The van der Waals surface area contributed by atoms with E-state index in [2.05, 4.69) is 11.4 Å². The van der Waals surface area contributed by atoms with E-state index in [1.54, 1.807) is 12.1 Å². The summed E-state index contributed by atoms with van der Waals surface area (Å²) in [6.45, 7) is 2.24. The van der Waals surface area contributed by atoms with Crippen LogP contribution in [0.25, 0.3) is 0 Å². The predicted molar refractivity (Wildman–Crippen MR) is 58.2 cm³/mol. The molecule has 1 aromatic carbocycles. The van der Waals surface area contributed by atoms with E-state index in [-0.39, 0.29) is 16.7 Å². The first-order valence-corrected chi connectivity index (χ1v) is 5.23. The highest BCUT2D eigenvalue weighted by atomic mass is 16.6. The lowest BCUT2D eigenvalue weighted by atomic mass is 10.1. The van der Waals surface area contributed by atoms with Gasteiger partial charge < -0.3 is 10.1 Å². The fourth-order valence-corrected chi connectivity index (χ4v) is 1.78. The van der Waals surface area contributed by atoms with E-state index >= 15 is 0 Å². The Balaban J connectivity index is 2.10. The Hall–Kier alpha value is -1.46. The first kappa shape index (κ1) is 11.0. The van der Waals surface area contributed by atoms with Gasteiger partial charge in [-0.1, -0.05) is 12.1 Å². The van der Waals surface area contributed by atoms with Crippen LogP contribution in [0.2, 0.25) is 0 Å². The van der Waals surface area contributed by atoms with E-state index < -0.39 is 0 Å². The molecular formula is C11H13N2O3. The van der Waals surface area contributed by atoms with Crippen molar-refractivity contribution in [3.63, 3.8) is 0 Å². The van der Waals surface area contributed by atoms with Crippen LogP contribution in [0.3, 0.4) is 0 Å². The van der Waals surface area contributed by atoms with Crippen molar-refractivity contribution in [2.75, 3.05) is 19.7 Å². The Morgan fingerprint density at radius 3 is 3.25 bits per heavy atom. The van der Waals surface area contributed by atoms with Crippen LogP contribution in [0.15, 0.2) is 18.2 Å². The van der Waals surface area contributed by atoms with Gasteiger partial charge in [-0.25, -0.2) is 0 Å². The first-order valence-electron chi connectivity index (χ1n) is 5.23. The number of hydrogen-bond donors (Lipinski definition) is 1. The average molecular weight is 221 g/mol. The van der Waals surface area contributed by atoms with Crippen LogP contribution in [0, 0.1) is 16.2 Å². The van der Waals surface area contributed by atoms with Crippen LogP contribution in [-0.2, 0) is 11.2 Å². The zero-order valence-electron chi connectivity index (χ0n) is 8.81. The van der Waals surface area contributed by atoms with E-state index in [9.17, 15) is 10.1 Å². The fraction of sp³-hybridized carbons (Fsp3) is 0.455. The predicted octanol–water partition coefficient (Wildman–Crippen LogP) is 0.926. The smallest absolute Gasteiger partial charge is 0.273 e. The molecule has 1 aliphatic rings. The number of hydrogen-bond acceptors (Lipinski definition) is 4. The summed E-state index contributed by atoms with van der Waals surface area (Å²) >= 11 is 0. The quantitative estimate of drug-likeness (QED) is 0.609. The van der Waals surface area contributed by atoms with Gasteiger partial charge in [0, 0.05) is 31.1 Å². The highest BCUT2D eigenvalue weighted by molar-refractivity contribution is 5.39. The molecule has 1 N–H and O–H groups in total. The molecule has 1 radical (unpaired) electrons. The lowest BCUT2D eigenvalue weighted by Gasteiger charge is -2.23. The molecule has 5 heteroatoms. The van der Waals surface area contributed by atoms with Gasteiger partial charge in [0.05, 0.1) is 17.6 Å². The molecule has 1 aliphatic heterocycles. The first-order chi connectivity index (χ1) is 7.77. The normalized spacial score (nSPS) is 20.6. The highest BCUT2D eigenvalue weighted by Crippen LogP contribution is 2.19. The maximum Gasteiger partial charge on any atom is 0.273 e. The van der Waals surface area contributed by atoms with Gasteiger partial charge in [0.1, 0.15) is 0 Å². The molecule has 1 fully saturated rings. The topological polar surface area (TPSA) is 64.4 Å². The molecule has 2 rings (SSSR count). The minimum Gasteiger partial charge on any atom is -0.375 e. The van der Waals surface area contributed by atoms with Gasteiger partial charge in [-0.05, 0) is 6.07 Å². The third kappa shape index (κ3) is 2.56. The number of ether oxygens (including phenoxy) is 1. The zero-order valence-corrected chi connectivity index (χ0v) is 8.81. The summed E-state index contributed by atoms with van der Waals surface area (Å²) in [6.07, 6.45) is 0.538. The summed E-state index contributed by atoms with van der Waals surface area (Å²) < 4.78 is 5.51. The fourth-order valence-electron chi connectivity index (χ4n) is 1.78. The van der Waals surface area contributed by atoms with Gasteiger partial charge >= 0.3 is 0 Å². The summed E-state index contributed by atoms with van der Waals surface area (Å²) in [5.74, 6) is 0. The molecule has 5 nitrogen and oxygen atoms in total. The van der Waals surface area contributed by atoms with Crippen molar-refractivity contribution in [2.24, 2.45) is 0 Å². The molecular weight excluding hydrogens is 208 g/mol. The van der Waals surface area contributed by atoms with Gasteiger partial charge in [0.2, 0.25) is 0 Å². The molecule has 0 aliphatic carbocycles. The second kappa shape index (κ2) is 5.05. The van der Waals surface area contributed by atoms with Gasteiger partial charge in [-0.3, -0.25) is 10.1 Å².